The minimum atomic E-state index is -0.256. The van der Waals surface area contributed by atoms with Gasteiger partial charge in [0.05, 0.1) is 0 Å². The lowest BCUT2D eigenvalue weighted by atomic mass is 10.1. The lowest BCUT2D eigenvalue weighted by molar-refractivity contribution is -0.116. The van der Waals surface area contributed by atoms with Gasteiger partial charge in [0.2, 0.25) is 11.0 Å². The second kappa shape index (κ2) is 6.56. The molecule has 0 saturated carbocycles. The molecule has 0 aliphatic carbocycles. The van der Waals surface area contributed by atoms with E-state index in [4.69, 9.17) is 0 Å². The number of amides is 1. The second-order valence-corrected chi connectivity index (χ2v) is 5.98. The first-order valence-corrected chi connectivity index (χ1v) is 7.22. The SMILES string of the molecule is CC(C)CC(=O)Nc1nnc(Cc2ccccc2F)s1. The van der Waals surface area contributed by atoms with E-state index < -0.39 is 0 Å². The van der Waals surface area contributed by atoms with E-state index in [1.807, 2.05) is 13.8 Å². The Morgan fingerprint density at radius 1 is 1.35 bits per heavy atom. The van der Waals surface area contributed by atoms with Crippen LogP contribution in [-0.2, 0) is 11.2 Å². The fraction of sp³-hybridized carbons (Fsp3) is 0.357. The molecule has 0 fully saturated rings. The van der Waals surface area contributed by atoms with Gasteiger partial charge in [-0.05, 0) is 17.5 Å². The van der Waals surface area contributed by atoms with E-state index in [2.05, 4.69) is 15.5 Å². The number of hydrogen-bond donors (Lipinski definition) is 1. The molecular weight excluding hydrogens is 277 g/mol. The topological polar surface area (TPSA) is 54.9 Å². The molecular formula is C14H16FN3OS. The summed E-state index contributed by atoms with van der Waals surface area (Å²) in [5, 5.41) is 11.7. The van der Waals surface area contributed by atoms with Crippen LogP contribution in [0.25, 0.3) is 0 Å². The quantitative estimate of drug-likeness (QED) is 0.920. The Morgan fingerprint density at radius 3 is 2.80 bits per heavy atom. The number of nitrogens with one attached hydrogen (secondary N) is 1. The molecule has 1 heterocycles. The van der Waals surface area contributed by atoms with Crippen LogP contribution in [0, 0.1) is 11.7 Å². The molecule has 0 bridgehead atoms. The van der Waals surface area contributed by atoms with Gasteiger partial charge in [-0.25, -0.2) is 4.39 Å². The van der Waals surface area contributed by atoms with Gasteiger partial charge in [-0.1, -0.05) is 43.4 Å². The van der Waals surface area contributed by atoms with E-state index in [9.17, 15) is 9.18 Å². The monoisotopic (exact) mass is 293 g/mol. The van der Waals surface area contributed by atoms with Crippen molar-refractivity contribution in [1.29, 1.82) is 0 Å². The van der Waals surface area contributed by atoms with Crippen molar-refractivity contribution < 1.29 is 9.18 Å². The number of nitrogens with zero attached hydrogens (tertiary/aromatic N) is 2. The molecule has 1 aromatic heterocycles. The van der Waals surface area contributed by atoms with Crippen molar-refractivity contribution in [3.05, 3.63) is 40.7 Å². The van der Waals surface area contributed by atoms with Crippen molar-refractivity contribution in [3.63, 3.8) is 0 Å². The number of anilines is 1. The van der Waals surface area contributed by atoms with Gasteiger partial charge in [0.15, 0.2) is 0 Å². The van der Waals surface area contributed by atoms with Gasteiger partial charge in [0.1, 0.15) is 10.8 Å². The number of aromatic nitrogens is 2. The maximum absolute atomic E-state index is 13.5. The van der Waals surface area contributed by atoms with Crippen molar-refractivity contribution in [2.45, 2.75) is 26.7 Å². The molecule has 0 saturated heterocycles. The molecule has 0 unspecified atom stereocenters. The van der Waals surface area contributed by atoms with Crippen LogP contribution in [0.3, 0.4) is 0 Å². The highest BCUT2D eigenvalue weighted by atomic mass is 32.1. The maximum atomic E-state index is 13.5. The summed E-state index contributed by atoms with van der Waals surface area (Å²) in [6.07, 6.45) is 0.826. The highest BCUT2D eigenvalue weighted by Gasteiger charge is 2.11. The first-order valence-electron chi connectivity index (χ1n) is 6.40. The van der Waals surface area contributed by atoms with Crippen molar-refractivity contribution >= 4 is 22.4 Å². The molecule has 0 aliphatic rings. The van der Waals surface area contributed by atoms with E-state index in [1.54, 1.807) is 18.2 Å². The van der Waals surface area contributed by atoms with Gasteiger partial charge in [0, 0.05) is 12.8 Å². The van der Waals surface area contributed by atoms with E-state index in [0.29, 0.717) is 34.5 Å². The Kier molecular flexibility index (Phi) is 4.79. The Morgan fingerprint density at radius 2 is 2.10 bits per heavy atom. The second-order valence-electron chi connectivity index (χ2n) is 4.92. The molecule has 0 radical (unpaired) electrons. The number of carbonyl (C=O) groups excluding carboxylic acids is 1. The molecule has 4 nitrogen and oxygen atoms in total. The largest absolute Gasteiger partial charge is 0.301 e. The Balaban J connectivity index is 1.99. The van der Waals surface area contributed by atoms with Crippen molar-refractivity contribution in [1.82, 2.24) is 10.2 Å². The summed E-state index contributed by atoms with van der Waals surface area (Å²) in [4.78, 5) is 11.6. The minimum absolute atomic E-state index is 0.0754. The third kappa shape index (κ3) is 4.09. The predicted molar refractivity (Wildman–Crippen MR) is 77.2 cm³/mol. The van der Waals surface area contributed by atoms with Gasteiger partial charge in [0.25, 0.3) is 0 Å². The molecule has 2 aromatic rings. The predicted octanol–water partition coefficient (Wildman–Crippen LogP) is 3.25. The van der Waals surface area contributed by atoms with Crippen molar-refractivity contribution in [2.75, 3.05) is 5.32 Å². The average molecular weight is 293 g/mol. The molecule has 6 heteroatoms. The molecule has 0 aliphatic heterocycles. The Bertz CT molecular complexity index is 598. The first-order chi connectivity index (χ1) is 9.54. The molecule has 2 rings (SSSR count). The molecule has 20 heavy (non-hydrogen) atoms. The summed E-state index contributed by atoms with van der Waals surface area (Å²) < 4.78 is 13.5. The van der Waals surface area contributed by atoms with Crippen LogP contribution in [0.2, 0.25) is 0 Å². The Labute approximate surface area is 121 Å². The van der Waals surface area contributed by atoms with E-state index in [-0.39, 0.29) is 11.7 Å². The molecule has 0 spiro atoms. The molecule has 1 aromatic carbocycles. The molecule has 106 valence electrons. The average Bonchev–Trinajstić information content (AvgIpc) is 2.78. The highest BCUT2D eigenvalue weighted by Crippen LogP contribution is 2.20. The number of benzene rings is 1. The van der Waals surface area contributed by atoms with Crippen molar-refractivity contribution in [3.8, 4) is 0 Å². The van der Waals surface area contributed by atoms with E-state index >= 15 is 0 Å². The third-order valence-corrected chi connectivity index (χ3v) is 3.45. The number of rotatable bonds is 5. The molecule has 1 amide bonds. The lowest BCUT2D eigenvalue weighted by Crippen LogP contribution is -2.13. The first kappa shape index (κ1) is 14.6. The lowest BCUT2D eigenvalue weighted by Gasteiger charge is -2.02. The van der Waals surface area contributed by atoms with Gasteiger partial charge in [-0.3, -0.25) is 4.79 Å². The van der Waals surface area contributed by atoms with Crippen LogP contribution in [0.15, 0.2) is 24.3 Å². The number of hydrogen-bond acceptors (Lipinski definition) is 4. The summed E-state index contributed by atoms with van der Waals surface area (Å²) in [6.45, 7) is 3.95. The van der Waals surface area contributed by atoms with Gasteiger partial charge < -0.3 is 5.32 Å². The third-order valence-electron chi connectivity index (χ3n) is 2.61. The van der Waals surface area contributed by atoms with Crippen LogP contribution in [0.5, 0.6) is 0 Å². The maximum Gasteiger partial charge on any atom is 0.226 e. The summed E-state index contributed by atoms with van der Waals surface area (Å²) in [5.74, 6) is -0.0394. The summed E-state index contributed by atoms with van der Waals surface area (Å²) in [7, 11) is 0. The van der Waals surface area contributed by atoms with E-state index in [0.717, 1.165) is 0 Å². The summed E-state index contributed by atoms with van der Waals surface area (Å²) >= 11 is 1.27. The number of carbonyl (C=O) groups is 1. The van der Waals surface area contributed by atoms with Gasteiger partial charge in [-0.2, -0.15) is 0 Å². The molecule has 0 atom stereocenters. The fourth-order valence-corrected chi connectivity index (χ4v) is 2.50. The van der Waals surface area contributed by atoms with Crippen LogP contribution in [0.4, 0.5) is 9.52 Å². The standard InChI is InChI=1S/C14H16FN3OS/c1-9(2)7-12(19)16-14-18-17-13(20-14)8-10-5-3-4-6-11(10)15/h3-6,9H,7-8H2,1-2H3,(H,16,18,19). The van der Waals surface area contributed by atoms with E-state index in [1.165, 1.54) is 17.4 Å². The zero-order valence-corrected chi connectivity index (χ0v) is 12.2. The zero-order valence-electron chi connectivity index (χ0n) is 11.4. The van der Waals surface area contributed by atoms with Gasteiger partial charge in [-0.15, -0.1) is 10.2 Å². The van der Waals surface area contributed by atoms with Crippen molar-refractivity contribution in [2.24, 2.45) is 5.92 Å². The molecule has 1 N–H and O–H groups in total. The van der Waals surface area contributed by atoms with Crippen LogP contribution in [0.1, 0.15) is 30.8 Å². The highest BCUT2D eigenvalue weighted by molar-refractivity contribution is 7.15. The fourth-order valence-electron chi connectivity index (χ4n) is 1.72. The minimum Gasteiger partial charge on any atom is -0.301 e. The summed E-state index contributed by atoms with van der Waals surface area (Å²) in [6, 6.07) is 6.57. The van der Waals surface area contributed by atoms with Crippen LogP contribution in [-0.4, -0.2) is 16.1 Å². The zero-order chi connectivity index (χ0) is 14.5. The number of halogens is 1. The van der Waals surface area contributed by atoms with Crippen LogP contribution < -0.4 is 5.32 Å². The summed E-state index contributed by atoms with van der Waals surface area (Å²) in [5.41, 5.74) is 0.573. The Hall–Kier alpha value is -1.82. The smallest absolute Gasteiger partial charge is 0.226 e. The normalized spacial score (nSPS) is 10.8. The van der Waals surface area contributed by atoms with Gasteiger partial charge >= 0.3 is 0 Å². The van der Waals surface area contributed by atoms with Crippen LogP contribution >= 0.6 is 11.3 Å².